The monoisotopic (exact) mass is 459 g/mol. The van der Waals surface area contributed by atoms with Gasteiger partial charge in [-0.3, -0.25) is 4.90 Å². The van der Waals surface area contributed by atoms with E-state index in [0.717, 1.165) is 31.1 Å². The average molecular weight is 460 g/mol. The van der Waals surface area contributed by atoms with Crippen molar-refractivity contribution in [2.24, 2.45) is 5.14 Å². The van der Waals surface area contributed by atoms with E-state index in [1.165, 1.54) is 16.8 Å². The highest BCUT2D eigenvalue weighted by Crippen LogP contribution is 2.21. The molecular weight excluding hydrogens is 433 g/mol. The second-order valence-corrected chi connectivity index (χ2v) is 9.37. The summed E-state index contributed by atoms with van der Waals surface area (Å²) in [5.74, 6) is 0.399. The first-order chi connectivity index (χ1) is 15.3. The van der Waals surface area contributed by atoms with Gasteiger partial charge < -0.3 is 4.74 Å². The first kappa shape index (κ1) is 22.5. The van der Waals surface area contributed by atoms with Crippen molar-refractivity contribution in [1.29, 1.82) is 0 Å². The van der Waals surface area contributed by atoms with Crippen LogP contribution in [0.15, 0.2) is 53.4 Å². The van der Waals surface area contributed by atoms with Gasteiger partial charge in [0.05, 0.1) is 24.2 Å². The third-order valence-electron chi connectivity index (χ3n) is 5.44. The average Bonchev–Trinajstić information content (AvgIpc) is 3.15. The number of benzene rings is 2. The fraction of sp³-hybridized carbons (Fsp3) is 0.364. The fourth-order valence-corrected chi connectivity index (χ4v) is 4.28. The molecule has 2 N–H and O–H groups in total. The number of rotatable bonds is 7. The number of ether oxygens (including phenoxy) is 1. The van der Waals surface area contributed by atoms with Crippen molar-refractivity contribution >= 4 is 10.0 Å². The van der Waals surface area contributed by atoms with E-state index in [-0.39, 0.29) is 16.7 Å². The smallest absolute Gasteiger partial charge is 0.238 e. The molecule has 0 amide bonds. The van der Waals surface area contributed by atoms with Crippen molar-refractivity contribution in [3.8, 4) is 5.69 Å². The lowest BCUT2D eigenvalue weighted by atomic mass is 10.1. The van der Waals surface area contributed by atoms with Gasteiger partial charge in [0.15, 0.2) is 5.82 Å². The first-order valence-electron chi connectivity index (χ1n) is 10.5. The zero-order valence-corrected chi connectivity index (χ0v) is 18.6. The Morgan fingerprint density at radius 2 is 2.00 bits per heavy atom. The lowest BCUT2D eigenvalue weighted by Gasteiger charge is -2.31. The van der Waals surface area contributed by atoms with Crippen LogP contribution in [0.5, 0.6) is 0 Å². The molecule has 2 heterocycles. The van der Waals surface area contributed by atoms with Gasteiger partial charge in [0.2, 0.25) is 10.0 Å². The maximum atomic E-state index is 14.9. The van der Waals surface area contributed by atoms with E-state index in [4.69, 9.17) is 14.9 Å². The van der Waals surface area contributed by atoms with Gasteiger partial charge in [-0.1, -0.05) is 37.3 Å². The summed E-state index contributed by atoms with van der Waals surface area (Å²) in [6, 6.07) is 13.3. The number of nitrogens with two attached hydrogens (primary N) is 1. The molecule has 1 aliphatic rings. The molecule has 0 spiro atoms. The number of morpholine rings is 1. The molecule has 2 aromatic carbocycles. The van der Waals surface area contributed by atoms with Gasteiger partial charge in [0.25, 0.3) is 0 Å². The SMILES string of the molecule is CCC1CN(Cc2nc(Cc3ccccc3)n(-c3ccc(S(N)(=O)=O)cc3F)n2)CCO1. The summed E-state index contributed by atoms with van der Waals surface area (Å²) in [4.78, 5) is 6.64. The summed E-state index contributed by atoms with van der Waals surface area (Å²) in [5.41, 5.74) is 1.13. The topological polar surface area (TPSA) is 103 Å². The molecule has 4 rings (SSSR count). The maximum Gasteiger partial charge on any atom is 0.238 e. The van der Waals surface area contributed by atoms with Gasteiger partial charge in [0, 0.05) is 19.5 Å². The van der Waals surface area contributed by atoms with E-state index in [9.17, 15) is 12.8 Å². The Hall–Kier alpha value is -2.66. The molecule has 0 radical (unpaired) electrons. The molecule has 8 nitrogen and oxygen atoms in total. The van der Waals surface area contributed by atoms with Crippen molar-refractivity contribution in [2.75, 3.05) is 19.7 Å². The van der Waals surface area contributed by atoms with Gasteiger partial charge in [-0.15, -0.1) is 5.10 Å². The Morgan fingerprint density at radius 1 is 1.22 bits per heavy atom. The van der Waals surface area contributed by atoms with Gasteiger partial charge in [0.1, 0.15) is 17.3 Å². The molecule has 0 aliphatic carbocycles. The van der Waals surface area contributed by atoms with E-state index >= 15 is 0 Å². The van der Waals surface area contributed by atoms with Crippen molar-refractivity contribution in [2.45, 2.75) is 37.3 Å². The van der Waals surface area contributed by atoms with Crippen LogP contribution >= 0.6 is 0 Å². The molecule has 1 atom stereocenters. The normalized spacial score (nSPS) is 17.5. The number of aromatic nitrogens is 3. The van der Waals surface area contributed by atoms with E-state index in [2.05, 4.69) is 16.9 Å². The van der Waals surface area contributed by atoms with Crippen LogP contribution in [-0.4, -0.2) is 53.9 Å². The lowest BCUT2D eigenvalue weighted by Crippen LogP contribution is -2.41. The fourth-order valence-electron chi connectivity index (χ4n) is 3.75. The van der Waals surface area contributed by atoms with Gasteiger partial charge in [-0.05, 0) is 30.2 Å². The number of sulfonamides is 1. The molecule has 1 saturated heterocycles. The lowest BCUT2D eigenvalue weighted by molar-refractivity contribution is -0.0331. The second-order valence-electron chi connectivity index (χ2n) is 7.81. The summed E-state index contributed by atoms with van der Waals surface area (Å²) in [6.45, 7) is 4.82. The van der Waals surface area contributed by atoms with Crippen molar-refractivity contribution in [3.63, 3.8) is 0 Å². The largest absolute Gasteiger partial charge is 0.376 e. The predicted molar refractivity (Wildman–Crippen MR) is 117 cm³/mol. The molecule has 32 heavy (non-hydrogen) atoms. The van der Waals surface area contributed by atoms with Gasteiger partial charge >= 0.3 is 0 Å². The zero-order chi connectivity index (χ0) is 22.7. The van der Waals surface area contributed by atoms with Crippen LogP contribution in [0.1, 0.15) is 30.6 Å². The summed E-state index contributed by atoms with van der Waals surface area (Å²) in [6.07, 6.45) is 1.56. The van der Waals surface area contributed by atoms with E-state index in [0.29, 0.717) is 31.2 Å². The number of nitrogens with zero attached hydrogens (tertiary/aromatic N) is 4. The van der Waals surface area contributed by atoms with Crippen molar-refractivity contribution < 1.29 is 17.5 Å². The molecule has 0 saturated carbocycles. The molecule has 170 valence electrons. The highest BCUT2D eigenvalue weighted by molar-refractivity contribution is 7.89. The summed E-state index contributed by atoms with van der Waals surface area (Å²) in [5, 5.41) is 9.71. The molecule has 0 bridgehead atoms. The Bertz CT molecular complexity index is 1180. The number of halogens is 1. The molecule has 1 unspecified atom stereocenters. The Kier molecular flexibility index (Phi) is 6.66. The molecule has 1 aromatic heterocycles. The van der Waals surface area contributed by atoms with Crippen LogP contribution in [0, 0.1) is 5.82 Å². The molecular formula is C22H26FN5O3S. The van der Waals surface area contributed by atoms with Crippen LogP contribution in [0.25, 0.3) is 5.69 Å². The van der Waals surface area contributed by atoms with E-state index < -0.39 is 15.8 Å². The third-order valence-corrected chi connectivity index (χ3v) is 6.35. The Labute approximate surface area is 186 Å². The number of hydrogen-bond acceptors (Lipinski definition) is 6. The maximum absolute atomic E-state index is 14.9. The van der Waals surface area contributed by atoms with Gasteiger partial charge in [-0.2, -0.15) is 0 Å². The highest BCUT2D eigenvalue weighted by Gasteiger charge is 2.22. The standard InChI is InChI=1S/C22H26FN5O3S/c1-2-17-14-27(10-11-31-17)15-21-25-22(12-16-6-4-3-5-7-16)28(26-21)20-9-8-18(13-19(20)23)32(24,29)30/h3-9,13,17H,2,10-12,14-15H2,1H3,(H2,24,29,30). The van der Waals surface area contributed by atoms with Gasteiger partial charge in [-0.25, -0.2) is 27.6 Å². The first-order valence-corrected chi connectivity index (χ1v) is 12.0. The quantitative estimate of drug-likeness (QED) is 0.581. The van der Waals surface area contributed by atoms with Crippen LogP contribution < -0.4 is 5.14 Å². The van der Waals surface area contributed by atoms with Crippen molar-refractivity contribution in [3.05, 3.63) is 71.6 Å². The van der Waals surface area contributed by atoms with Crippen LogP contribution in [0.3, 0.4) is 0 Å². The minimum Gasteiger partial charge on any atom is -0.376 e. The zero-order valence-electron chi connectivity index (χ0n) is 17.8. The van der Waals surface area contributed by atoms with Crippen molar-refractivity contribution in [1.82, 2.24) is 19.7 Å². The van der Waals surface area contributed by atoms with Crippen LogP contribution in [0.4, 0.5) is 4.39 Å². The second kappa shape index (κ2) is 9.45. The highest BCUT2D eigenvalue weighted by atomic mass is 32.2. The Morgan fingerprint density at radius 3 is 2.69 bits per heavy atom. The summed E-state index contributed by atoms with van der Waals surface area (Å²) >= 11 is 0. The third kappa shape index (κ3) is 5.21. The minimum atomic E-state index is -4.01. The summed E-state index contributed by atoms with van der Waals surface area (Å²) in [7, 11) is -4.01. The minimum absolute atomic E-state index is 0.121. The Balaban J connectivity index is 1.68. The molecule has 10 heteroatoms. The molecule has 1 aliphatic heterocycles. The van der Waals surface area contributed by atoms with Crippen LogP contribution in [0.2, 0.25) is 0 Å². The predicted octanol–water partition coefficient (Wildman–Crippen LogP) is 2.26. The summed E-state index contributed by atoms with van der Waals surface area (Å²) < 4.78 is 45.2. The van der Waals surface area contributed by atoms with E-state index in [1.54, 1.807) is 0 Å². The molecule has 1 fully saturated rings. The van der Waals surface area contributed by atoms with Crippen LogP contribution in [-0.2, 0) is 27.7 Å². The number of primary sulfonamides is 1. The number of hydrogen-bond donors (Lipinski definition) is 1. The molecule has 3 aromatic rings. The van der Waals surface area contributed by atoms with E-state index in [1.807, 2.05) is 30.3 Å².